The minimum atomic E-state index is -0.376. The molecule has 0 saturated carbocycles. The predicted molar refractivity (Wildman–Crippen MR) is 104 cm³/mol. The van der Waals surface area contributed by atoms with Crippen LogP contribution in [0, 0.1) is 13.8 Å². The van der Waals surface area contributed by atoms with E-state index in [2.05, 4.69) is 10.2 Å². The molecule has 2 aromatic carbocycles. The molecule has 0 aliphatic rings. The predicted octanol–water partition coefficient (Wildman–Crippen LogP) is 4.20. The number of hydrogen-bond donors (Lipinski definition) is 0. The molecule has 0 N–H and O–H groups in total. The summed E-state index contributed by atoms with van der Waals surface area (Å²) < 4.78 is 6.81. The van der Waals surface area contributed by atoms with Crippen molar-refractivity contribution in [1.29, 1.82) is 0 Å². The normalized spacial score (nSPS) is 12.0. The SMILES string of the molecule is COC(=O)[C@@H](C)Sc1nnc(-c2ccc(C)cc2)n1-c1ccc(C)cc1. The molecule has 3 aromatic rings. The van der Waals surface area contributed by atoms with Crippen LogP contribution in [0.4, 0.5) is 0 Å². The molecule has 0 bridgehead atoms. The molecule has 0 fully saturated rings. The van der Waals surface area contributed by atoms with Crippen molar-refractivity contribution in [3.63, 3.8) is 0 Å². The van der Waals surface area contributed by atoms with Gasteiger partial charge in [0, 0.05) is 11.3 Å². The Bertz CT molecular complexity index is 902. The van der Waals surface area contributed by atoms with Crippen LogP contribution < -0.4 is 0 Å². The van der Waals surface area contributed by atoms with E-state index in [1.54, 1.807) is 6.92 Å². The molecule has 1 atom stereocenters. The Morgan fingerprint density at radius 2 is 1.58 bits per heavy atom. The zero-order chi connectivity index (χ0) is 18.7. The molecule has 26 heavy (non-hydrogen) atoms. The van der Waals surface area contributed by atoms with Gasteiger partial charge in [0.2, 0.25) is 0 Å². The number of carbonyl (C=O) groups excluding carboxylic acids is 1. The third kappa shape index (κ3) is 3.80. The number of hydrogen-bond acceptors (Lipinski definition) is 5. The molecule has 0 saturated heterocycles. The molecule has 1 aromatic heterocycles. The Hall–Kier alpha value is -2.60. The third-order valence-electron chi connectivity index (χ3n) is 4.05. The van der Waals surface area contributed by atoms with Gasteiger partial charge in [-0.05, 0) is 32.9 Å². The van der Waals surface area contributed by atoms with Gasteiger partial charge < -0.3 is 4.74 Å². The maximum absolute atomic E-state index is 11.8. The Morgan fingerprint density at radius 1 is 1.00 bits per heavy atom. The van der Waals surface area contributed by atoms with Crippen molar-refractivity contribution >= 4 is 17.7 Å². The molecule has 0 radical (unpaired) electrons. The molecule has 5 nitrogen and oxygen atoms in total. The first-order chi connectivity index (χ1) is 12.5. The number of carbonyl (C=O) groups is 1. The molecule has 0 aliphatic carbocycles. The van der Waals surface area contributed by atoms with E-state index in [4.69, 9.17) is 4.74 Å². The molecule has 0 aliphatic heterocycles. The van der Waals surface area contributed by atoms with Crippen LogP contribution >= 0.6 is 11.8 Å². The lowest BCUT2D eigenvalue weighted by molar-refractivity contribution is -0.139. The van der Waals surface area contributed by atoms with E-state index in [1.165, 1.54) is 30.0 Å². The van der Waals surface area contributed by atoms with Crippen LogP contribution in [0.2, 0.25) is 0 Å². The molecule has 0 amide bonds. The van der Waals surface area contributed by atoms with Crippen molar-refractivity contribution < 1.29 is 9.53 Å². The standard InChI is InChI=1S/C20H21N3O2S/c1-13-5-9-16(10-6-13)18-21-22-20(26-15(3)19(24)25-4)23(18)17-11-7-14(2)8-12-17/h5-12,15H,1-4H3/t15-/m1/s1. The fourth-order valence-electron chi connectivity index (χ4n) is 2.53. The smallest absolute Gasteiger partial charge is 0.318 e. The summed E-state index contributed by atoms with van der Waals surface area (Å²) in [6.45, 7) is 5.90. The third-order valence-corrected chi connectivity index (χ3v) is 5.07. The topological polar surface area (TPSA) is 57.0 Å². The summed E-state index contributed by atoms with van der Waals surface area (Å²) in [5, 5.41) is 9.01. The van der Waals surface area contributed by atoms with Gasteiger partial charge in [-0.1, -0.05) is 59.3 Å². The highest BCUT2D eigenvalue weighted by molar-refractivity contribution is 8.00. The molecular formula is C20H21N3O2S. The maximum atomic E-state index is 11.8. The van der Waals surface area contributed by atoms with Gasteiger partial charge in [-0.2, -0.15) is 0 Å². The minimum Gasteiger partial charge on any atom is -0.468 e. The van der Waals surface area contributed by atoms with Gasteiger partial charge in [-0.3, -0.25) is 9.36 Å². The first-order valence-electron chi connectivity index (χ1n) is 8.33. The highest BCUT2D eigenvalue weighted by Crippen LogP contribution is 2.30. The molecule has 134 valence electrons. The lowest BCUT2D eigenvalue weighted by atomic mass is 10.1. The number of methoxy groups -OCH3 is 1. The van der Waals surface area contributed by atoms with Gasteiger partial charge in [0.15, 0.2) is 11.0 Å². The fourth-order valence-corrected chi connectivity index (χ4v) is 3.43. The molecule has 0 spiro atoms. The van der Waals surface area contributed by atoms with Crippen LogP contribution in [-0.4, -0.2) is 33.1 Å². The highest BCUT2D eigenvalue weighted by atomic mass is 32.2. The van der Waals surface area contributed by atoms with Crippen LogP contribution in [0.5, 0.6) is 0 Å². The lowest BCUT2D eigenvalue weighted by Gasteiger charge is -2.13. The van der Waals surface area contributed by atoms with Gasteiger partial charge >= 0.3 is 5.97 Å². The first kappa shape index (κ1) is 18.2. The number of ether oxygens (including phenoxy) is 1. The molecule has 1 heterocycles. The van der Waals surface area contributed by atoms with E-state index in [1.807, 2.05) is 66.9 Å². The Labute approximate surface area is 157 Å². The number of rotatable bonds is 5. The number of thioether (sulfide) groups is 1. The number of nitrogens with zero attached hydrogens (tertiary/aromatic N) is 3. The van der Waals surface area contributed by atoms with Crippen LogP contribution in [-0.2, 0) is 9.53 Å². The molecule has 0 unspecified atom stereocenters. The van der Waals surface area contributed by atoms with Gasteiger partial charge in [0.05, 0.1) is 7.11 Å². The van der Waals surface area contributed by atoms with E-state index in [-0.39, 0.29) is 11.2 Å². The van der Waals surface area contributed by atoms with Gasteiger partial charge in [0.25, 0.3) is 0 Å². The fraction of sp³-hybridized carbons (Fsp3) is 0.250. The van der Waals surface area contributed by atoms with Crippen LogP contribution in [0.3, 0.4) is 0 Å². The largest absolute Gasteiger partial charge is 0.468 e. The van der Waals surface area contributed by atoms with Crippen molar-refractivity contribution in [1.82, 2.24) is 14.8 Å². The van der Waals surface area contributed by atoms with Crippen molar-refractivity contribution in [2.24, 2.45) is 0 Å². The zero-order valence-electron chi connectivity index (χ0n) is 15.3. The van der Waals surface area contributed by atoms with Crippen molar-refractivity contribution in [3.8, 4) is 17.1 Å². The second-order valence-electron chi connectivity index (χ2n) is 6.13. The average Bonchev–Trinajstić information content (AvgIpc) is 3.05. The Balaban J connectivity index is 2.09. The molecule has 3 rings (SSSR count). The first-order valence-corrected chi connectivity index (χ1v) is 9.21. The van der Waals surface area contributed by atoms with E-state index in [9.17, 15) is 4.79 Å². The monoisotopic (exact) mass is 367 g/mol. The Kier molecular flexibility index (Phi) is 5.42. The van der Waals surface area contributed by atoms with Gasteiger partial charge in [-0.15, -0.1) is 10.2 Å². The maximum Gasteiger partial charge on any atom is 0.318 e. The summed E-state index contributed by atoms with van der Waals surface area (Å²) >= 11 is 1.34. The van der Waals surface area contributed by atoms with Gasteiger partial charge in [-0.25, -0.2) is 0 Å². The second kappa shape index (κ2) is 7.74. The van der Waals surface area contributed by atoms with Crippen LogP contribution in [0.1, 0.15) is 18.1 Å². The molecule has 6 heteroatoms. The van der Waals surface area contributed by atoms with Gasteiger partial charge in [0.1, 0.15) is 5.25 Å². The van der Waals surface area contributed by atoms with Crippen molar-refractivity contribution in [2.45, 2.75) is 31.2 Å². The van der Waals surface area contributed by atoms with Crippen LogP contribution in [0.25, 0.3) is 17.1 Å². The Morgan fingerprint density at radius 3 is 2.15 bits per heavy atom. The molecular weight excluding hydrogens is 346 g/mol. The summed E-state index contributed by atoms with van der Waals surface area (Å²) in [6.07, 6.45) is 0. The lowest BCUT2D eigenvalue weighted by Crippen LogP contribution is -2.15. The van der Waals surface area contributed by atoms with E-state index >= 15 is 0 Å². The number of aromatic nitrogens is 3. The summed E-state index contributed by atoms with van der Waals surface area (Å²) in [6, 6.07) is 16.3. The van der Waals surface area contributed by atoms with E-state index in [0.29, 0.717) is 5.16 Å². The number of aryl methyl sites for hydroxylation is 2. The number of benzene rings is 2. The van der Waals surface area contributed by atoms with E-state index in [0.717, 1.165) is 17.1 Å². The summed E-state index contributed by atoms with van der Waals surface area (Å²) in [5.74, 6) is 0.457. The van der Waals surface area contributed by atoms with Crippen molar-refractivity contribution in [2.75, 3.05) is 7.11 Å². The van der Waals surface area contributed by atoms with E-state index < -0.39 is 0 Å². The quantitative estimate of drug-likeness (QED) is 0.499. The highest BCUT2D eigenvalue weighted by Gasteiger charge is 2.22. The summed E-state index contributed by atoms with van der Waals surface area (Å²) in [4.78, 5) is 11.8. The zero-order valence-corrected chi connectivity index (χ0v) is 16.1. The second-order valence-corrected chi connectivity index (χ2v) is 7.43. The minimum absolute atomic E-state index is 0.287. The average molecular weight is 367 g/mol. The van der Waals surface area contributed by atoms with Crippen molar-refractivity contribution in [3.05, 3.63) is 59.7 Å². The van der Waals surface area contributed by atoms with Crippen LogP contribution in [0.15, 0.2) is 53.7 Å². The summed E-state index contributed by atoms with van der Waals surface area (Å²) in [7, 11) is 1.39. The number of esters is 1. The summed E-state index contributed by atoms with van der Waals surface area (Å²) in [5.41, 5.74) is 4.29.